The number of hydrogen-bond donors (Lipinski definition) is 2. The van der Waals surface area contributed by atoms with Crippen LogP contribution in [0.15, 0.2) is 0 Å². The monoisotopic (exact) mass is 72.0 g/mol. The standard InChI is InChI=1S/CH2BNO.H3N/c2-1(3)4;/h(H2,3,4);1H3. The first-order valence-corrected chi connectivity index (χ1v) is 0.781. The second-order valence-corrected chi connectivity index (χ2v) is 0.402. The second-order valence-electron chi connectivity index (χ2n) is 0.402. The molecule has 0 saturated carbocycles. The van der Waals surface area contributed by atoms with Gasteiger partial charge < -0.3 is 11.9 Å². The maximum Gasteiger partial charge on any atom is 0.200 e. The molecule has 0 aliphatic heterocycles. The molecule has 4 heteroatoms. The average Bonchev–Trinajstić information content (AvgIpc) is 0.811. The van der Waals surface area contributed by atoms with E-state index in [1.165, 1.54) is 0 Å². The second kappa shape index (κ2) is 3.49. The van der Waals surface area contributed by atoms with Crippen LogP contribution in [0.1, 0.15) is 0 Å². The molecule has 0 aromatic carbocycles. The van der Waals surface area contributed by atoms with Crippen molar-refractivity contribution in [2.75, 3.05) is 0 Å². The van der Waals surface area contributed by atoms with Crippen LogP contribution < -0.4 is 11.9 Å². The van der Waals surface area contributed by atoms with E-state index in [1.807, 2.05) is 0 Å². The fraction of sp³-hybridized carbons (Fsp3) is 0. The van der Waals surface area contributed by atoms with Gasteiger partial charge in [0.25, 0.3) is 0 Å². The van der Waals surface area contributed by atoms with Crippen LogP contribution >= 0.6 is 0 Å². The average molecular weight is 71.9 g/mol. The molecule has 0 rings (SSSR count). The number of hydrogen-bond acceptors (Lipinski definition) is 2. The Bertz CT molecular complexity index is 32.6. The van der Waals surface area contributed by atoms with Gasteiger partial charge in [-0.3, -0.25) is 4.79 Å². The normalized spacial score (nSPS) is 4.80. The smallest absolute Gasteiger partial charge is 0.200 e. The summed E-state index contributed by atoms with van der Waals surface area (Å²) >= 11 is 0. The maximum atomic E-state index is 9.00. The molecule has 0 spiro atoms. The highest BCUT2D eigenvalue weighted by molar-refractivity contribution is 6.56. The van der Waals surface area contributed by atoms with Gasteiger partial charge in [-0.25, -0.2) is 0 Å². The number of amides is 1. The summed E-state index contributed by atoms with van der Waals surface area (Å²) in [6.07, 6.45) is 0. The molecule has 0 aliphatic carbocycles. The van der Waals surface area contributed by atoms with E-state index in [1.54, 1.807) is 0 Å². The lowest BCUT2D eigenvalue weighted by Gasteiger charge is -1.60. The molecule has 1 amide bonds. The van der Waals surface area contributed by atoms with E-state index in [2.05, 4.69) is 13.6 Å². The Labute approximate surface area is 31.5 Å². The Balaban J connectivity index is 0. The number of carbonyl (C=O) groups is 1. The highest BCUT2D eigenvalue weighted by Gasteiger charge is 1.62. The third-order valence-electron chi connectivity index (χ3n) is 0. The SMILES string of the molecule is N.[B]C(N)=O. The Morgan fingerprint density at radius 3 is 1.80 bits per heavy atom. The first-order valence-electron chi connectivity index (χ1n) is 0.781. The lowest BCUT2D eigenvalue weighted by atomic mass is 10.2. The largest absolute Gasteiger partial charge is 0.380 e. The maximum absolute atomic E-state index is 9.00. The number of primary amides is 1. The van der Waals surface area contributed by atoms with Crippen molar-refractivity contribution >= 4 is 13.7 Å². The van der Waals surface area contributed by atoms with Crippen molar-refractivity contribution < 1.29 is 4.79 Å². The summed E-state index contributed by atoms with van der Waals surface area (Å²) in [5.74, 6) is -0.833. The van der Waals surface area contributed by atoms with Gasteiger partial charge in [-0.05, 0) is 0 Å². The van der Waals surface area contributed by atoms with Crippen LogP contribution in [0.2, 0.25) is 0 Å². The van der Waals surface area contributed by atoms with Crippen LogP contribution in [-0.4, -0.2) is 13.7 Å². The van der Waals surface area contributed by atoms with Crippen molar-refractivity contribution in [1.82, 2.24) is 6.15 Å². The summed E-state index contributed by atoms with van der Waals surface area (Å²) < 4.78 is 0. The number of nitrogens with two attached hydrogens (primary N) is 1. The summed E-state index contributed by atoms with van der Waals surface area (Å²) in [7, 11) is 4.25. The molecule has 0 fully saturated rings. The summed E-state index contributed by atoms with van der Waals surface area (Å²) in [5.41, 5.74) is 4.25. The van der Waals surface area contributed by atoms with E-state index in [4.69, 9.17) is 4.79 Å². The van der Waals surface area contributed by atoms with Crippen LogP contribution in [0, 0.1) is 0 Å². The number of rotatable bonds is 0. The quantitative estimate of drug-likeness (QED) is 0.374. The molecule has 2 radical (unpaired) electrons. The first-order chi connectivity index (χ1) is 1.73. The van der Waals surface area contributed by atoms with Crippen molar-refractivity contribution in [2.24, 2.45) is 5.73 Å². The fourth-order valence-corrected chi connectivity index (χ4v) is 0. The first kappa shape index (κ1) is 8.82. The zero-order chi connectivity index (χ0) is 3.58. The van der Waals surface area contributed by atoms with Crippen LogP contribution in [0.3, 0.4) is 0 Å². The zero-order valence-electron chi connectivity index (χ0n) is 2.77. The topological polar surface area (TPSA) is 78.1 Å². The van der Waals surface area contributed by atoms with Gasteiger partial charge in [0.2, 0.25) is 0 Å². The van der Waals surface area contributed by atoms with Gasteiger partial charge in [-0.1, -0.05) is 0 Å². The third kappa shape index (κ3) is 30.6. The molecular formula is CH5BN2O. The summed E-state index contributed by atoms with van der Waals surface area (Å²) in [5, 5.41) is 0. The molecule has 0 heterocycles. The zero-order valence-corrected chi connectivity index (χ0v) is 2.77. The molecular weight excluding hydrogens is 66.8 g/mol. The molecule has 0 saturated heterocycles. The molecule has 0 bridgehead atoms. The molecule has 5 N–H and O–H groups in total. The molecule has 0 aromatic rings. The van der Waals surface area contributed by atoms with Crippen molar-refractivity contribution in [3.63, 3.8) is 0 Å². The van der Waals surface area contributed by atoms with Gasteiger partial charge in [-0.15, -0.1) is 0 Å². The van der Waals surface area contributed by atoms with Crippen molar-refractivity contribution in [1.29, 1.82) is 0 Å². The minimum atomic E-state index is -0.833. The van der Waals surface area contributed by atoms with E-state index in [0.29, 0.717) is 0 Å². The Kier molecular flexibility index (Phi) is 6.17. The molecule has 3 nitrogen and oxygen atoms in total. The minimum Gasteiger partial charge on any atom is -0.380 e. The predicted molar refractivity (Wildman–Crippen MR) is 20.4 cm³/mol. The summed E-state index contributed by atoms with van der Waals surface area (Å²) in [6.45, 7) is 0. The highest BCUT2D eigenvalue weighted by atomic mass is 16.1. The number of carbonyl (C=O) groups excluding carboxylic acids is 1. The molecule has 28 valence electrons. The summed E-state index contributed by atoms with van der Waals surface area (Å²) in [4.78, 5) is 9.00. The lowest BCUT2D eigenvalue weighted by molar-refractivity contribution is 0.266. The molecule has 0 aromatic heterocycles. The molecule has 5 heavy (non-hydrogen) atoms. The van der Waals surface area contributed by atoms with E-state index < -0.39 is 5.81 Å². The third-order valence-corrected chi connectivity index (χ3v) is 0. The van der Waals surface area contributed by atoms with Gasteiger partial charge in [0.1, 0.15) is 0 Å². The Morgan fingerprint density at radius 2 is 1.80 bits per heavy atom. The minimum absolute atomic E-state index is 0. The van der Waals surface area contributed by atoms with Crippen molar-refractivity contribution in [2.45, 2.75) is 0 Å². The van der Waals surface area contributed by atoms with Gasteiger partial charge in [0.15, 0.2) is 13.7 Å². The van der Waals surface area contributed by atoms with E-state index >= 15 is 0 Å². The predicted octanol–water partition coefficient (Wildman–Crippen LogP) is -0.604. The van der Waals surface area contributed by atoms with Crippen LogP contribution in [0.25, 0.3) is 0 Å². The van der Waals surface area contributed by atoms with Gasteiger partial charge in [0, 0.05) is 0 Å². The van der Waals surface area contributed by atoms with Crippen molar-refractivity contribution in [3.8, 4) is 0 Å². The molecule has 0 aliphatic rings. The van der Waals surface area contributed by atoms with Crippen LogP contribution in [0.5, 0.6) is 0 Å². The van der Waals surface area contributed by atoms with E-state index in [9.17, 15) is 0 Å². The molecule has 0 atom stereocenters. The van der Waals surface area contributed by atoms with E-state index in [-0.39, 0.29) is 6.15 Å². The Hall–Kier alpha value is -0.505. The fourth-order valence-electron chi connectivity index (χ4n) is 0. The highest BCUT2D eigenvalue weighted by Crippen LogP contribution is 1.33. The summed E-state index contributed by atoms with van der Waals surface area (Å²) in [6, 6.07) is 0. The van der Waals surface area contributed by atoms with Gasteiger partial charge in [0.05, 0.1) is 0 Å². The van der Waals surface area contributed by atoms with Crippen LogP contribution in [-0.2, 0) is 0 Å². The van der Waals surface area contributed by atoms with Gasteiger partial charge >= 0.3 is 0 Å². The van der Waals surface area contributed by atoms with Crippen molar-refractivity contribution in [3.05, 3.63) is 0 Å². The lowest BCUT2D eigenvalue weighted by Crippen LogP contribution is -2.05. The molecule has 0 unspecified atom stereocenters. The van der Waals surface area contributed by atoms with E-state index in [0.717, 1.165) is 0 Å². The van der Waals surface area contributed by atoms with Gasteiger partial charge in [-0.2, -0.15) is 0 Å². The van der Waals surface area contributed by atoms with Crippen LogP contribution in [0.4, 0.5) is 4.79 Å². The Morgan fingerprint density at radius 1 is 1.80 bits per heavy atom.